The fourth-order valence-corrected chi connectivity index (χ4v) is 3.11. The molecule has 2 rings (SSSR count). The van der Waals surface area contributed by atoms with Crippen molar-refractivity contribution in [2.45, 2.75) is 46.5 Å². The van der Waals surface area contributed by atoms with Crippen LogP contribution >= 0.6 is 0 Å². The molecule has 0 radical (unpaired) electrons. The lowest BCUT2D eigenvalue weighted by atomic mass is 9.96. The van der Waals surface area contributed by atoms with Crippen LogP contribution < -0.4 is 5.32 Å². The Kier molecular flexibility index (Phi) is 5.58. The smallest absolute Gasteiger partial charge is 0.229 e. The van der Waals surface area contributed by atoms with Gasteiger partial charge in [-0.2, -0.15) is 0 Å². The Morgan fingerprint density at radius 3 is 2.41 bits per heavy atom. The molecule has 0 saturated carbocycles. The molecule has 1 aliphatic rings. The number of aryl methyl sites for hydroxylation is 2. The molecule has 1 aromatic rings. The number of anilines is 1. The number of rotatable bonds is 4. The highest BCUT2D eigenvalue weighted by molar-refractivity contribution is 5.94. The number of benzene rings is 1. The van der Waals surface area contributed by atoms with Gasteiger partial charge in [-0.1, -0.05) is 32.0 Å². The van der Waals surface area contributed by atoms with Gasteiger partial charge in [-0.15, -0.1) is 0 Å². The summed E-state index contributed by atoms with van der Waals surface area (Å²) >= 11 is 0. The number of carbonyl (C=O) groups excluding carboxylic acids is 2. The minimum absolute atomic E-state index is 0.0431. The molecule has 0 bridgehead atoms. The number of para-hydroxylation sites is 1. The Morgan fingerprint density at radius 2 is 1.86 bits per heavy atom. The first-order chi connectivity index (χ1) is 10.6. The van der Waals surface area contributed by atoms with Crippen LogP contribution in [-0.4, -0.2) is 29.8 Å². The number of carbonyl (C=O) groups is 2. The molecule has 1 heterocycles. The van der Waals surface area contributed by atoms with Gasteiger partial charge in [0.05, 0.1) is 5.92 Å². The standard InChI is InChI=1S/C18H26N2O2/c1-4-14-8-6-9-15(5-2)17(14)19-18(22)16-10-7-11-20(12-16)13(3)21/h6,8-9,16H,4-5,7,10-12H2,1-3H3,(H,19,22). The second-order valence-electron chi connectivity index (χ2n) is 5.95. The highest BCUT2D eigenvalue weighted by atomic mass is 16.2. The second kappa shape index (κ2) is 7.43. The van der Waals surface area contributed by atoms with Gasteiger partial charge in [0, 0.05) is 25.7 Å². The monoisotopic (exact) mass is 302 g/mol. The summed E-state index contributed by atoms with van der Waals surface area (Å²) in [5, 5.41) is 3.13. The van der Waals surface area contributed by atoms with Crippen molar-refractivity contribution in [2.24, 2.45) is 5.92 Å². The summed E-state index contributed by atoms with van der Waals surface area (Å²) in [4.78, 5) is 25.9. The van der Waals surface area contributed by atoms with Crippen molar-refractivity contribution in [3.63, 3.8) is 0 Å². The van der Waals surface area contributed by atoms with Crippen molar-refractivity contribution in [3.05, 3.63) is 29.3 Å². The zero-order valence-electron chi connectivity index (χ0n) is 13.8. The molecule has 0 aromatic heterocycles. The molecular formula is C18H26N2O2. The van der Waals surface area contributed by atoms with Gasteiger partial charge in [0.1, 0.15) is 0 Å². The highest BCUT2D eigenvalue weighted by Crippen LogP contribution is 2.25. The van der Waals surface area contributed by atoms with E-state index in [4.69, 9.17) is 0 Å². The summed E-state index contributed by atoms with van der Waals surface area (Å²) in [7, 11) is 0. The minimum atomic E-state index is -0.104. The Balaban J connectivity index is 2.13. The number of nitrogens with one attached hydrogen (secondary N) is 1. The fraction of sp³-hybridized carbons (Fsp3) is 0.556. The molecule has 1 aliphatic heterocycles. The lowest BCUT2D eigenvalue weighted by Gasteiger charge is -2.31. The number of hydrogen-bond donors (Lipinski definition) is 1. The van der Waals surface area contributed by atoms with Crippen LogP contribution in [0.2, 0.25) is 0 Å². The van der Waals surface area contributed by atoms with Crippen LogP contribution in [0.15, 0.2) is 18.2 Å². The van der Waals surface area contributed by atoms with Crippen LogP contribution in [0, 0.1) is 5.92 Å². The van der Waals surface area contributed by atoms with E-state index in [0.29, 0.717) is 6.54 Å². The molecule has 2 amide bonds. The van der Waals surface area contributed by atoms with Gasteiger partial charge in [0.15, 0.2) is 0 Å². The number of amides is 2. The summed E-state index contributed by atoms with van der Waals surface area (Å²) in [5.41, 5.74) is 3.32. The van der Waals surface area contributed by atoms with Gasteiger partial charge in [-0.25, -0.2) is 0 Å². The highest BCUT2D eigenvalue weighted by Gasteiger charge is 2.27. The maximum atomic E-state index is 12.6. The van der Waals surface area contributed by atoms with Gasteiger partial charge in [-0.05, 0) is 36.8 Å². The molecule has 0 aliphatic carbocycles. The molecule has 1 unspecified atom stereocenters. The fourth-order valence-electron chi connectivity index (χ4n) is 3.11. The maximum Gasteiger partial charge on any atom is 0.229 e. The maximum absolute atomic E-state index is 12.6. The average Bonchev–Trinajstić information content (AvgIpc) is 2.55. The van der Waals surface area contributed by atoms with Crippen molar-refractivity contribution >= 4 is 17.5 Å². The quantitative estimate of drug-likeness (QED) is 0.929. The SMILES string of the molecule is CCc1cccc(CC)c1NC(=O)C1CCCN(C(C)=O)C1. The van der Waals surface area contributed by atoms with Crippen LogP contribution in [0.3, 0.4) is 0 Å². The minimum Gasteiger partial charge on any atom is -0.342 e. The Morgan fingerprint density at radius 1 is 1.23 bits per heavy atom. The first-order valence-electron chi connectivity index (χ1n) is 8.23. The largest absolute Gasteiger partial charge is 0.342 e. The summed E-state index contributed by atoms with van der Waals surface area (Å²) in [5.74, 6) is -0.00507. The Bertz CT molecular complexity index is 532. The molecule has 1 fully saturated rings. The number of hydrogen-bond acceptors (Lipinski definition) is 2. The summed E-state index contributed by atoms with van der Waals surface area (Å²) in [6.45, 7) is 7.08. The molecular weight excluding hydrogens is 276 g/mol. The molecule has 4 heteroatoms. The molecule has 1 atom stereocenters. The molecule has 1 saturated heterocycles. The normalized spacial score (nSPS) is 18.1. The predicted octanol–water partition coefficient (Wildman–Crippen LogP) is 3.01. The van der Waals surface area contributed by atoms with Crippen molar-refractivity contribution in [1.82, 2.24) is 4.90 Å². The lowest BCUT2D eigenvalue weighted by Crippen LogP contribution is -2.43. The molecule has 4 nitrogen and oxygen atoms in total. The van der Waals surface area contributed by atoms with Crippen LogP contribution in [0.4, 0.5) is 5.69 Å². The van der Waals surface area contributed by atoms with Crippen molar-refractivity contribution < 1.29 is 9.59 Å². The summed E-state index contributed by atoms with van der Waals surface area (Å²) in [6.07, 6.45) is 3.54. The van der Waals surface area contributed by atoms with E-state index >= 15 is 0 Å². The Labute approximate surface area is 132 Å². The molecule has 1 N–H and O–H groups in total. The topological polar surface area (TPSA) is 49.4 Å². The summed E-state index contributed by atoms with van der Waals surface area (Å²) < 4.78 is 0. The third-order valence-corrected chi connectivity index (χ3v) is 4.48. The molecule has 0 spiro atoms. The van der Waals surface area contributed by atoms with E-state index in [9.17, 15) is 9.59 Å². The zero-order chi connectivity index (χ0) is 16.1. The number of nitrogens with zero attached hydrogens (tertiary/aromatic N) is 1. The van der Waals surface area contributed by atoms with Gasteiger partial charge >= 0.3 is 0 Å². The van der Waals surface area contributed by atoms with Gasteiger partial charge in [0.2, 0.25) is 11.8 Å². The first-order valence-corrected chi connectivity index (χ1v) is 8.23. The van der Waals surface area contributed by atoms with Crippen LogP contribution in [-0.2, 0) is 22.4 Å². The van der Waals surface area contributed by atoms with E-state index < -0.39 is 0 Å². The van der Waals surface area contributed by atoms with E-state index in [-0.39, 0.29) is 17.7 Å². The third-order valence-electron chi connectivity index (χ3n) is 4.48. The van der Waals surface area contributed by atoms with Gasteiger partial charge in [0.25, 0.3) is 0 Å². The van der Waals surface area contributed by atoms with Gasteiger partial charge in [-0.3, -0.25) is 9.59 Å². The van der Waals surface area contributed by atoms with Crippen LogP contribution in [0.5, 0.6) is 0 Å². The molecule has 22 heavy (non-hydrogen) atoms. The first kappa shape index (κ1) is 16.5. The lowest BCUT2D eigenvalue weighted by molar-refractivity contribution is -0.132. The van der Waals surface area contributed by atoms with E-state index in [1.165, 1.54) is 11.1 Å². The van der Waals surface area contributed by atoms with Crippen molar-refractivity contribution in [1.29, 1.82) is 0 Å². The van der Waals surface area contributed by atoms with Crippen molar-refractivity contribution in [2.75, 3.05) is 18.4 Å². The average molecular weight is 302 g/mol. The van der Waals surface area contributed by atoms with Crippen LogP contribution in [0.25, 0.3) is 0 Å². The van der Waals surface area contributed by atoms with E-state index in [2.05, 4.69) is 31.3 Å². The molecule has 1 aromatic carbocycles. The predicted molar refractivity (Wildman–Crippen MR) is 88.8 cm³/mol. The summed E-state index contributed by atoms with van der Waals surface area (Å²) in [6, 6.07) is 6.18. The molecule has 120 valence electrons. The number of piperidine rings is 1. The number of likely N-dealkylation sites (tertiary alicyclic amines) is 1. The van der Waals surface area contributed by atoms with Gasteiger partial charge < -0.3 is 10.2 Å². The van der Waals surface area contributed by atoms with E-state index in [1.54, 1.807) is 11.8 Å². The zero-order valence-corrected chi connectivity index (χ0v) is 13.8. The van der Waals surface area contributed by atoms with E-state index in [0.717, 1.165) is 37.9 Å². The third kappa shape index (κ3) is 3.67. The van der Waals surface area contributed by atoms with Crippen molar-refractivity contribution in [3.8, 4) is 0 Å². The van der Waals surface area contributed by atoms with Crippen LogP contribution in [0.1, 0.15) is 44.7 Å². The Hall–Kier alpha value is -1.84. The second-order valence-corrected chi connectivity index (χ2v) is 5.95. The van der Waals surface area contributed by atoms with E-state index in [1.807, 2.05) is 6.07 Å².